The summed E-state index contributed by atoms with van der Waals surface area (Å²) in [4.78, 5) is 15.9. The number of rotatable bonds is 4. The lowest BCUT2D eigenvalue weighted by Crippen LogP contribution is -2.41. The van der Waals surface area contributed by atoms with Crippen molar-refractivity contribution in [1.29, 1.82) is 0 Å². The molecule has 4 nitrogen and oxygen atoms in total. The molecule has 2 atom stereocenters. The van der Waals surface area contributed by atoms with Gasteiger partial charge in [0.15, 0.2) is 0 Å². The van der Waals surface area contributed by atoms with Crippen LogP contribution in [0.5, 0.6) is 11.6 Å². The Balaban J connectivity index is 1.58. The largest absolute Gasteiger partial charge is 0.439 e. The fourth-order valence-electron chi connectivity index (χ4n) is 3.29. The van der Waals surface area contributed by atoms with Crippen LogP contribution in [0.2, 0.25) is 0 Å². The van der Waals surface area contributed by atoms with Crippen molar-refractivity contribution in [3.05, 3.63) is 53.7 Å². The lowest BCUT2D eigenvalue weighted by atomic mass is 9.85. The first-order valence-corrected chi connectivity index (χ1v) is 9.21. The van der Waals surface area contributed by atoms with E-state index in [0.29, 0.717) is 19.0 Å². The summed E-state index contributed by atoms with van der Waals surface area (Å²) in [5.74, 6) is -1.72. The molecule has 1 aromatic heterocycles. The molecule has 3 rings (SSSR count). The molecular formula is C20H18F6N2O2. The Labute approximate surface area is 168 Å². The van der Waals surface area contributed by atoms with E-state index in [1.165, 1.54) is 24.3 Å². The quantitative estimate of drug-likeness (QED) is 0.627. The third-order valence-corrected chi connectivity index (χ3v) is 4.87. The van der Waals surface area contributed by atoms with Crippen LogP contribution in [0.1, 0.15) is 41.6 Å². The highest BCUT2D eigenvalue weighted by atomic mass is 19.4. The van der Waals surface area contributed by atoms with Crippen LogP contribution in [-0.2, 0) is 6.18 Å². The van der Waals surface area contributed by atoms with Gasteiger partial charge in [-0.1, -0.05) is 6.42 Å². The summed E-state index contributed by atoms with van der Waals surface area (Å²) in [5, 5.41) is 2.63. The Hall–Kier alpha value is -2.78. The normalized spacial score (nSPS) is 19.9. The number of nitrogens with zero attached hydrogens (tertiary/aromatic N) is 1. The first-order valence-electron chi connectivity index (χ1n) is 9.21. The van der Waals surface area contributed by atoms with Crippen molar-refractivity contribution < 1.29 is 35.9 Å². The molecule has 0 saturated heterocycles. The number of carbonyl (C=O) groups excluding carboxylic acids is 1. The number of alkyl halides is 6. The van der Waals surface area contributed by atoms with E-state index in [4.69, 9.17) is 4.74 Å². The third kappa shape index (κ3) is 5.64. The smallest absolute Gasteiger partial charge is 0.417 e. The fourth-order valence-corrected chi connectivity index (χ4v) is 3.29. The molecule has 0 bridgehead atoms. The zero-order valence-corrected chi connectivity index (χ0v) is 15.6. The number of aromatic nitrogens is 1. The third-order valence-electron chi connectivity index (χ3n) is 4.87. The van der Waals surface area contributed by atoms with Crippen molar-refractivity contribution in [2.45, 2.75) is 44.1 Å². The molecule has 1 heterocycles. The number of hydrogen-bond acceptors (Lipinski definition) is 3. The van der Waals surface area contributed by atoms with Gasteiger partial charge in [0.2, 0.25) is 5.88 Å². The molecule has 1 N–H and O–H groups in total. The molecule has 0 spiro atoms. The molecule has 1 fully saturated rings. The predicted molar refractivity (Wildman–Crippen MR) is 95.0 cm³/mol. The molecule has 10 heteroatoms. The Bertz CT molecular complexity index is 863. The van der Waals surface area contributed by atoms with E-state index in [-0.39, 0.29) is 30.0 Å². The molecule has 30 heavy (non-hydrogen) atoms. The van der Waals surface area contributed by atoms with Gasteiger partial charge in [-0.15, -0.1) is 0 Å². The van der Waals surface area contributed by atoms with Gasteiger partial charge in [0.25, 0.3) is 5.91 Å². The van der Waals surface area contributed by atoms with E-state index in [2.05, 4.69) is 10.3 Å². The van der Waals surface area contributed by atoms with Crippen LogP contribution in [0.15, 0.2) is 42.6 Å². The lowest BCUT2D eigenvalue weighted by molar-refractivity contribution is -0.183. The minimum absolute atomic E-state index is 0.0550. The first-order chi connectivity index (χ1) is 14.0. The van der Waals surface area contributed by atoms with Crippen molar-refractivity contribution in [1.82, 2.24) is 10.3 Å². The molecular weight excluding hydrogens is 414 g/mol. The van der Waals surface area contributed by atoms with E-state index >= 15 is 0 Å². The highest BCUT2D eigenvalue weighted by Crippen LogP contribution is 2.37. The molecule has 2 aromatic rings. The predicted octanol–water partition coefficient (Wildman–Crippen LogP) is 5.74. The fraction of sp³-hybridized carbons (Fsp3) is 0.400. The van der Waals surface area contributed by atoms with Gasteiger partial charge in [-0.05, 0) is 49.6 Å². The summed E-state index contributed by atoms with van der Waals surface area (Å²) in [6, 6.07) is 7.04. The van der Waals surface area contributed by atoms with Gasteiger partial charge in [0, 0.05) is 23.9 Å². The average Bonchev–Trinajstić information content (AvgIpc) is 2.68. The van der Waals surface area contributed by atoms with Crippen LogP contribution in [0, 0.1) is 5.92 Å². The topological polar surface area (TPSA) is 51.2 Å². The summed E-state index contributed by atoms with van der Waals surface area (Å²) >= 11 is 0. The number of benzene rings is 1. The maximum absolute atomic E-state index is 12.9. The summed E-state index contributed by atoms with van der Waals surface area (Å²) < 4.78 is 81.6. The molecule has 1 aliphatic rings. The molecule has 2 unspecified atom stereocenters. The van der Waals surface area contributed by atoms with Crippen LogP contribution in [-0.4, -0.2) is 23.1 Å². The number of halogens is 6. The minimum atomic E-state index is -4.50. The number of carbonyl (C=O) groups is 1. The highest BCUT2D eigenvalue weighted by molar-refractivity contribution is 5.94. The summed E-state index contributed by atoms with van der Waals surface area (Å²) in [5.41, 5.74) is -0.672. The van der Waals surface area contributed by atoms with Crippen molar-refractivity contribution in [2.24, 2.45) is 5.92 Å². The van der Waals surface area contributed by atoms with Crippen molar-refractivity contribution >= 4 is 5.91 Å². The Morgan fingerprint density at radius 1 is 1.00 bits per heavy atom. The van der Waals surface area contributed by atoms with E-state index in [9.17, 15) is 31.1 Å². The molecule has 162 valence electrons. The maximum atomic E-state index is 12.9. The second-order valence-corrected chi connectivity index (χ2v) is 7.08. The van der Waals surface area contributed by atoms with Gasteiger partial charge in [0.1, 0.15) is 5.75 Å². The average molecular weight is 432 g/mol. The Morgan fingerprint density at radius 2 is 1.70 bits per heavy atom. The van der Waals surface area contributed by atoms with Gasteiger partial charge in [-0.25, -0.2) is 4.98 Å². The zero-order valence-electron chi connectivity index (χ0n) is 15.6. The van der Waals surface area contributed by atoms with Crippen molar-refractivity contribution in [3.8, 4) is 11.6 Å². The standard InChI is InChI=1S/C20H18F6N2O2/c21-19(22,23)13-2-1-3-15(10-13)28-18(29)12-4-7-16(8-5-12)30-17-9-6-14(11-27-17)20(24,25)26/h4-9,11,13,15H,1-3,10H2,(H,28,29). The summed E-state index contributed by atoms with van der Waals surface area (Å²) in [6.45, 7) is 0. The monoisotopic (exact) mass is 432 g/mol. The van der Waals surface area contributed by atoms with Crippen molar-refractivity contribution in [3.63, 3.8) is 0 Å². The van der Waals surface area contributed by atoms with Gasteiger partial charge in [-0.2, -0.15) is 26.3 Å². The Morgan fingerprint density at radius 3 is 2.27 bits per heavy atom. The van der Waals surface area contributed by atoms with Crippen LogP contribution in [0.25, 0.3) is 0 Å². The number of hydrogen-bond donors (Lipinski definition) is 1. The molecule has 0 aliphatic heterocycles. The highest BCUT2D eigenvalue weighted by Gasteiger charge is 2.42. The number of pyridine rings is 1. The molecule has 1 aliphatic carbocycles. The van der Waals surface area contributed by atoms with Gasteiger partial charge < -0.3 is 10.1 Å². The minimum Gasteiger partial charge on any atom is -0.439 e. The van der Waals surface area contributed by atoms with E-state index < -0.39 is 35.8 Å². The maximum Gasteiger partial charge on any atom is 0.417 e. The summed E-state index contributed by atoms with van der Waals surface area (Å²) in [6.07, 6.45) is -7.32. The first kappa shape index (κ1) is 21.9. The van der Waals surface area contributed by atoms with Gasteiger partial charge in [-0.3, -0.25) is 4.79 Å². The van der Waals surface area contributed by atoms with Crippen molar-refractivity contribution in [2.75, 3.05) is 0 Å². The van der Waals surface area contributed by atoms with E-state index in [1.807, 2.05) is 0 Å². The second-order valence-electron chi connectivity index (χ2n) is 7.08. The zero-order chi connectivity index (χ0) is 21.9. The molecule has 1 saturated carbocycles. The molecule has 1 amide bonds. The Kier molecular flexibility index (Phi) is 6.23. The molecule has 0 radical (unpaired) electrons. The van der Waals surface area contributed by atoms with Crippen LogP contribution in [0.4, 0.5) is 26.3 Å². The SMILES string of the molecule is O=C(NC1CCCC(C(F)(F)F)C1)c1ccc(Oc2ccc(C(F)(F)F)cn2)cc1. The van der Waals surface area contributed by atoms with Crippen LogP contribution < -0.4 is 10.1 Å². The van der Waals surface area contributed by atoms with Crippen LogP contribution >= 0.6 is 0 Å². The number of nitrogens with one attached hydrogen (secondary N) is 1. The van der Waals surface area contributed by atoms with Gasteiger partial charge >= 0.3 is 12.4 Å². The molecule has 1 aromatic carbocycles. The lowest BCUT2D eigenvalue weighted by Gasteiger charge is -2.31. The van der Waals surface area contributed by atoms with Gasteiger partial charge in [0.05, 0.1) is 11.5 Å². The second kappa shape index (κ2) is 8.53. The number of amides is 1. The summed E-state index contributed by atoms with van der Waals surface area (Å²) in [7, 11) is 0. The number of ether oxygens (including phenoxy) is 1. The van der Waals surface area contributed by atoms with Crippen LogP contribution in [0.3, 0.4) is 0 Å². The van der Waals surface area contributed by atoms with E-state index in [0.717, 1.165) is 12.1 Å². The van der Waals surface area contributed by atoms with E-state index in [1.54, 1.807) is 0 Å².